The van der Waals surface area contributed by atoms with Gasteiger partial charge in [0, 0.05) is 39.1 Å². The molecule has 0 spiro atoms. The second kappa shape index (κ2) is 9.23. The largest absolute Gasteiger partial charge is 0.452 e. The first-order chi connectivity index (χ1) is 14.3. The van der Waals surface area contributed by atoms with E-state index in [-0.39, 0.29) is 4.90 Å². The van der Waals surface area contributed by atoms with E-state index in [1.807, 2.05) is 4.90 Å². The summed E-state index contributed by atoms with van der Waals surface area (Å²) in [5.41, 5.74) is 0.721. The highest BCUT2D eigenvalue weighted by atomic mass is 32.2. The van der Waals surface area contributed by atoms with E-state index in [1.165, 1.54) is 38.4 Å². The van der Waals surface area contributed by atoms with Gasteiger partial charge in [-0.1, -0.05) is 0 Å². The van der Waals surface area contributed by atoms with E-state index in [1.54, 1.807) is 18.3 Å². The summed E-state index contributed by atoms with van der Waals surface area (Å²) in [6, 6.07) is 9.03. The van der Waals surface area contributed by atoms with Gasteiger partial charge < -0.3 is 15.0 Å². The fourth-order valence-electron chi connectivity index (χ4n) is 3.06. The Kier molecular flexibility index (Phi) is 6.68. The van der Waals surface area contributed by atoms with Crippen molar-refractivity contribution < 1.29 is 22.7 Å². The number of rotatable bonds is 7. The first-order valence-electron chi connectivity index (χ1n) is 9.48. The van der Waals surface area contributed by atoms with Gasteiger partial charge in [-0.2, -0.15) is 0 Å². The normalized spacial score (nSPS) is 14.0. The van der Waals surface area contributed by atoms with Gasteiger partial charge in [0.15, 0.2) is 6.61 Å². The third kappa shape index (κ3) is 4.95. The number of sulfonamides is 1. The molecule has 0 saturated carbocycles. The van der Waals surface area contributed by atoms with Crippen molar-refractivity contribution >= 4 is 33.4 Å². The molecule has 1 aliphatic rings. The molecular formula is C20H24N4O5S. The predicted molar refractivity (Wildman–Crippen MR) is 112 cm³/mol. The van der Waals surface area contributed by atoms with Crippen LogP contribution in [0.1, 0.15) is 23.2 Å². The maximum absolute atomic E-state index is 12.5. The molecule has 10 heteroatoms. The maximum Gasteiger partial charge on any atom is 0.342 e. The number of ether oxygens (including phenoxy) is 1. The van der Waals surface area contributed by atoms with E-state index < -0.39 is 28.5 Å². The summed E-state index contributed by atoms with van der Waals surface area (Å²) < 4.78 is 30.4. The number of amides is 1. The fourth-order valence-corrected chi connectivity index (χ4v) is 3.97. The van der Waals surface area contributed by atoms with Crippen LogP contribution in [0.3, 0.4) is 0 Å². The van der Waals surface area contributed by atoms with Crippen LogP contribution in [0, 0.1) is 0 Å². The first kappa shape index (κ1) is 21.7. The lowest BCUT2D eigenvalue weighted by Gasteiger charge is -2.18. The molecular weight excluding hydrogens is 408 g/mol. The summed E-state index contributed by atoms with van der Waals surface area (Å²) in [7, 11) is -0.662. The Morgan fingerprint density at radius 1 is 1.13 bits per heavy atom. The van der Waals surface area contributed by atoms with Crippen molar-refractivity contribution in [2.45, 2.75) is 17.7 Å². The third-order valence-electron chi connectivity index (χ3n) is 4.66. The van der Waals surface area contributed by atoms with Crippen LogP contribution in [0.5, 0.6) is 0 Å². The molecule has 1 fully saturated rings. The molecule has 0 radical (unpaired) electrons. The number of nitrogens with zero attached hydrogens (tertiary/aromatic N) is 3. The fraction of sp³-hybridized carbons (Fsp3) is 0.350. The molecule has 2 heterocycles. The van der Waals surface area contributed by atoms with Gasteiger partial charge in [0.05, 0.1) is 4.90 Å². The monoisotopic (exact) mass is 432 g/mol. The molecule has 9 nitrogen and oxygen atoms in total. The maximum atomic E-state index is 12.5. The highest BCUT2D eigenvalue weighted by molar-refractivity contribution is 7.89. The van der Waals surface area contributed by atoms with Crippen molar-refractivity contribution in [2.75, 3.05) is 44.0 Å². The Hall–Kier alpha value is -2.98. The molecule has 160 valence electrons. The summed E-state index contributed by atoms with van der Waals surface area (Å²) >= 11 is 0. The predicted octanol–water partition coefficient (Wildman–Crippen LogP) is 1.73. The smallest absolute Gasteiger partial charge is 0.342 e. The van der Waals surface area contributed by atoms with Gasteiger partial charge in [0.2, 0.25) is 10.0 Å². The Balaban J connectivity index is 1.58. The Labute approximate surface area is 175 Å². The number of pyridine rings is 1. The lowest BCUT2D eigenvalue weighted by Crippen LogP contribution is -2.25. The number of nitrogens with one attached hydrogen (secondary N) is 1. The lowest BCUT2D eigenvalue weighted by atomic mass is 10.2. The SMILES string of the molecule is CN(C)S(=O)(=O)c1ccc(NC(=O)COC(=O)c2cccnc2N2CCCC2)cc1. The second-order valence-corrected chi connectivity index (χ2v) is 9.16. The summed E-state index contributed by atoms with van der Waals surface area (Å²) in [6.07, 6.45) is 3.71. The first-order valence-corrected chi connectivity index (χ1v) is 10.9. The van der Waals surface area contributed by atoms with E-state index >= 15 is 0 Å². The topological polar surface area (TPSA) is 109 Å². The van der Waals surface area contributed by atoms with Gasteiger partial charge in [0.25, 0.3) is 5.91 Å². The van der Waals surface area contributed by atoms with Crippen LogP contribution < -0.4 is 10.2 Å². The molecule has 0 bridgehead atoms. The molecule has 0 atom stereocenters. The number of hydrogen-bond acceptors (Lipinski definition) is 7. The zero-order valence-electron chi connectivity index (χ0n) is 16.9. The van der Waals surface area contributed by atoms with E-state index in [0.717, 1.165) is 30.2 Å². The van der Waals surface area contributed by atoms with Gasteiger partial charge in [-0.15, -0.1) is 0 Å². The zero-order valence-corrected chi connectivity index (χ0v) is 17.7. The van der Waals surface area contributed by atoms with Crippen LogP contribution >= 0.6 is 0 Å². The Morgan fingerprint density at radius 2 is 1.80 bits per heavy atom. The Bertz CT molecular complexity index is 1020. The minimum atomic E-state index is -3.54. The third-order valence-corrected chi connectivity index (χ3v) is 6.49. The van der Waals surface area contributed by atoms with Crippen LogP contribution in [-0.2, 0) is 19.6 Å². The summed E-state index contributed by atoms with van der Waals surface area (Å²) in [5.74, 6) is -0.580. The quantitative estimate of drug-likeness (QED) is 0.664. The van der Waals surface area contributed by atoms with E-state index in [4.69, 9.17) is 4.74 Å². The second-order valence-electron chi connectivity index (χ2n) is 7.00. The van der Waals surface area contributed by atoms with E-state index in [2.05, 4.69) is 10.3 Å². The van der Waals surface area contributed by atoms with Gasteiger partial charge in [0.1, 0.15) is 11.4 Å². The number of carbonyl (C=O) groups is 2. The molecule has 0 aliphatic carbocycles. The lowest BCUT2D eigenvalue weighted by molar-refractivity contribution is -0.119. The summed E-state index contributed by atoms with van der Waals surface area (Å²) in [6.45, 7) is 1.19. The number of benzene rings is 1. The number of anilines is 2. The standard InChI is InChI=1S/C20H24N4O5S/c1-23(2)30(27,28)16-9-7-15(8-10-16)22-18(25)14-29-20(26)17-6-5-11-21-19(17)24-12-3-4-13-24/h5-11H,3-4,12-14H2,1-2H3,(H,22,25). The highest BCUT2D eigenvalue weighted by Crippen LogP contribution is 2.22. The van der Waals surface area contributed by atoms with Gasteiger partial charge in [-0.05, 0) is 49.2 Å². The van der Waals surface area contributed by atoms with Crippen molar-refractivity contribution in [3.63, 3.8) is 0 Å². The van der Waals surface area contributed by atoms with Crippen molar-refractivity contribution in [3.05, 3.63) is 48.2 Å². The molecule has 1 aromatic heterocycles. The van der Waals surface area contributed by atoms with Crippen LogP contribution in [0.25, 0.3) is 0 Å². The summed E-state index contributed by atoms with van der Waals surface area (Å²) in [5, 5.41) is 2.58. The number of hydrogen-bond donors (Lipinski definition) is 1. The average molecular weight is 433 g/mol. The molecule has 3 rings (SSSR count). The number of carbonyl (C=O) groups excluding carboxylic acids is 2. The Morgan fingerprint density at radius 3 is 2.43 bits per heavy atom. The van der Waals surface area contributed by atoms with E-state index in [0.29, 0.717) is 17.1 Å². The van der Waals surface area contributed by atoms with Crippen molar-refractivity contribution in [1.82, 2.24) is 9.29 Å². The zero-order chi connectivity index (χ0) is 21.7. The van der Waals surface area contributed by atoms with Crippen molar-refractivity contribution in [2.24, 2.45) is 0 Å². The van der Waals surface area contributed by atoms with Gasteiger partial charge in [-0.3, -0.25) is 4.79 Å². The van der Waals surface area contributed by atoms with Crippen molar-refractivity contribution in [1.29, 1.82) is 0 Å². The van der Waals surface area contributed by atoms with Crippen molar-refractivity contribution in [3.8, 4) is 0 Å². The average Bonchev–Trinajstić information content (AvgIpc) is 3.27. The van der Waals surface area contributed by atoms with Crippen LogP contribution in [0.15, 0.2) is 47.5 Å². The number of aromatic nitrogens is 1. The highest BCUT2D eigenvalue weighted by Gasteiger charge is 2.22. The van der Waals surface area contributed by atoms with E-state index in [9.17, 15) is 18.0 Å². The van der Waals surface area contributed by atoms with Crippen LogP contribution in [0.4, 0.5) is 11.5 Å². The van der Waals surface area contributed by atoms with Gasteiger partial charge >= 0.3 is 5.97 Å². The molecule has 1 saturated heterocycles. The minimum Gasteiger partial charge on any atom is -0.452 e. The molecule has 1 aromatic carbocycles. The molecule has 2 aromatic rings. The molecule has 1 aliphatic heterocycles. The molecule has 1 amide bonds. The van der Waals surface area contributed by atoms with Gasteiger partial charge in [-0.25, -0.2) is 22.5 Å². The molecule has 30 heavy (non-hydrogen) atoms. The van der Waals surface area contributed by atoms with Crippen LogP contribution in [-0.4, -0.2) is 63.4 Å². The van der Waals surface area contributed by atoms with Crippen LogP contribution in [0.2, 0.25) is 0 Å². The minimum absolute atomic E-state index is 0.114. The molecule has 1 N–H and O–H groups in total. The number of esters is 1. The summed E-state index contributed by atoms with van der Waals surface area (Å²) in [4.78, 5) is 31.0. The molecule has 0 unspecified atom stereocenters.